The number of benzene rings is 2. The number of nitrogens with one attached hydrogen (secondary N) is 1. The van der Waals surface area contributed by atoms with Crippen molar-refractivity contribution in [2.75, 3.05) is 25.4 Å². The number of rotatable bonds is 7. The molecule has 27 heavy (non-hydrogen) atoms. The van der Waals surface area contributed by atoms with Gasteiger partial charge in [0, 0.05) is 26.7 Å². The number of aryl methyl sites for hydroxylation is 1. The predicted molar refractivity (Wildman–Crippen MR) is 109 cm³/mol. The van der Waals surface area contributed by atoms with Crippen LogP contribution in [0.2, 0.25) is 0 Å². The molecule has 0 aromatic heterocycles. The van der Waals surface area contributed by atoms with Gasteiger partial charge >= 0.3 is 10.2 Å². The Hall–Kier alpha value is -2.38. The van der Waals surface area contributed by atoms with Crippen LogP contribution in [0.4, 0.5) is 5.69 Å². The molecule has 2 rings (SSSR count). The molecule has 1 N–H and O–H groups in total. The molecule has 1 atom stereocenters. The minimum absolute atomic E-state index is 0.0745. The summed E-state index contributed by atoms with van der Waals surface area (Å²) in [6.07, 6.45) is 0.775. The summed E-state index contributed by atoms with van der Waals surface area (Å²) < 4.78 is 26.7. The summed E-state index contributed by atoms with van der Waals surface area (Å²) in [6, 6.07) is 14.5. The largest absolute Gasteiger partial charge is 0.345 e. The van der Waals surface area contributed by atoms with E-state index < -0.39 is 10.2 Å². The summed E-state index contributed by atoms with van der Waals surface area (Å²) in [7, 11) is 0.873. The van der Waals surface area contributed by atoms with Crippen LogP contribution in [-0.2, 0) is 10.2 Å². The van der Waals surface area contributed by atoms with E-state index in [1.807, 2.05) is 38.1 Å². The van der Waals surface area contributed by atoms with Gasteiger partial charge in [-0.3, -0.25) is 9.10 Å². The van der Waals surface area contributed by atoms with Gasteiger partial charge in [-0.15, -0.1) is 0 Å². The molecule has 0 saturated carbocycles. The Morgan fingerprint density at radius 3 is 2.04 bits per heavy atom. The third kappa shape index (κ3) is 4.87. The molecule has 0 bridgehead atoms. The minimum atomic E-state index is -3.56. The highest BCUT2D eigenvalue weighted by atomic mass is 32.2. The molecule has 0 saturated heterocycles. The van der Waals surface area contributed by atoms with Gasteiger partial charge in [-0.2, -0.15) is 12.7 Å². The van der Waals surface area contributed by atoms with Crippen LogP contribution in [-0.4, -0.2) is 39.8 Å². The molecule has 6 nitrogen and oxygen atoms in total. The van der Waals surface area contributed by atoms with Gasteiger partial charge in [0.2, 0.25) is 0 Å². The van der Waals surface area contributed by atoms with E-state index in [4.69, 9.17) is 0 Å². The molecule has 0 spiro atoms. The van der Waals surface area contributed by atoms with Gasteiger partial charge in [0.25, 0.3) is 5.91 Å². The number of hydrogen-bond donors (Lipinski definition) is 1. The molecule has 0 aliphatic carbocycles. The van der Waals surface area contributed by atoms with E-state index in [0.29, 0.717) is 11.3 Å². The maximum absolute atomic E-state index is 12.6. The molecular formula is C20H27N3O3S. The maximum Gasteiger partial charge on any atom is 0.303 e. The number of carbonyl (C=O) groups is 1. The van der Waals surface area contributed by atoms with Gasteiger partial charge in [-0.1, -0.05) is 36.8 Å². The highest BCUT2D eigenvalue weighted by Crippen LogP contribution is 2.20. The average molecular weight is 390 g/mol. The van der Waals surface area contributed by atoms with E-state index in [2.05, 4.69) is 5.32 Å². The molecule has 7 heteroatoms. The van der Waals surface area contributed by atoms with Gasteiger partial charge < -0.3 is 5.32 Å². The van der Waals surface area contributed by atoms with E-state index in [-0.39, 0.29) is 11.9 Å². The molecule has 1 amide bonds. The lowest BCUT2D eigenvalue weighted by Crippen LogP contribution is -2.37. The fourth-order valence-electron chi connectivity index (χ4n) is 2.66. The van der Waals surface area contributed by atoms with Crippen LogP contribution in [0.1, 0.15) is 40.9 Å². The molecular weight excluding hydrogens is 362 g/mol. The summed E-state index contributed by atoms with van der Waals surface area (Å²) >= 11 is 0. The van der Waals surface area contributed by atoms with Crippen molar-refractivity contribution >= 4 is 21.8 Å². The second-order valence-electron chi connectivity index (χ2n) is 6.65. The topological polar surface area (TPSA) is 69.7 Å². The quantitative estimate of drug-likeness (QED) is 0.791. The van der Waals surface area contributed by atoms with Crippen LogP contribution < -0.4 is 9.62 Å². The summed E-state index contributed by atoms with van der Waals surface area (Å²) in [4.78, 5) is 12.6. The fraction of sp³-hybridized carbons (Fsp3) is 0.350. The summed E-state index contributed by atoms with van der Waals surface area (Å²) in [5.74, 6) is -0.188. The zero-order chi connectivity index (χ0) is 20.2. The van der Waals surface area contributed by atoms with Crippen LogP contribution in [0.25, 0.3) is 0 Å². The summed E-state index contributed by atoms with van der Waals surface area (Å²) in [5, 5.41) is 3.04. The highest BCUT2D eigenvalue weighted by molar-refractivity contribution is 7.90. The van der Waals surface area contributed by atoms with Crippen molar-refractivity contribution in [1.29, 1.82) is 0 Å². The minimum Gasteiger partial charge on any atom is -0.345 e. The Kier molecular flexibility index (Phi) is 6.62. The van der Waals surface area contributed by atoms with Crippen LogP contribution in [0.3, 0.4) is 0 Å². The number of hydrogen-bond acceptors (Lipinski definition) is 3. The summed E-state index contributed by atoms with van der Waals surface area (Å²) in [6.45, 7) is 4.05. The Morgan fingerprint density at radius 2 is 1.56 bits per heavy atom. The van der Waals surface area contributed by atoms with Gasteiger partial charge in [-0.25, -0.2) is 0 Å². The van der Waals surface area contributed by atoms with Crippen molar-refractivity contribution in [2.45, 2.75) is 26.3 Å². The number of anilines is 1. The van der Waals surface area contributed by atoms with Crippen molar-refractivity contribution in [2.24, 2.45) is 0 Å². The first kappa shape index (κ1) is 20.9. The van der Waals surface area contributed by atoms with Crippen molar-refractivity contribution in [3.8, 4) is 0 Å². The second-order valence-corrected chi connectivity index (χ2v) is 8.82. The molecule has 0 radical (unpaired) electrons. The normalized spacial score (nSPS) is 12.7. The first-order valence-corrected chi connectivity index (χ1v) is 10.2. The lowest BCUT2D eigenvalue weighted by Gasteiger charge is -2.23. The molecule has 0 fully saturated rings. The predicted octanol–water partition coefficient (Wildman–Crippen LogP) is 3.12. The van der Waals surface area contributed by atoms with Gasteiger partial charge in [-0.05, 0) is 43.2 Å². The van der Waals surface area contributed by atoms with Crippen molar-refractivity contribution in [1.82, 2.24) is 9.62 Å². The monoisotopic (exact) mass is 389 g/mol. The third-order valence-electron chi connectivity index (χ3n) is 4.49. The van der Waals surface area contributed by atoms with Crippen molar-refractivity contribution in [3.05, 3.63) is 65.2 Å². The SMILES string of the molecule is CCC(NC(=O)c1ccc(N(C)S(=O)(=O)N(C)C)cc1)c1ccc(C)cc1. The Balaban J connectivity index is 2.14. The van der Waals surface area contributed by atoms with Gasteiger partial charge in [0.15, 0.2) is 0 Å². The summed E-state index contributed by atoms with van der Waals surface area (Å²) in [5.41, 5.74) is 3.21. The van der Waals surface area contributed by atoms with E-state index >= 15 is 0 Å². The van der Waals surface area contributed by atoms with E-state index in [1.165, 1.54) is 31.0 Å². The second kappa shape index (κ2) is 8.54. The molecule has 2 aromatic carbocycles. The van der Waals surface area contributed by atoms with Crippen LogP contribution in [0, 0.1) is 6.92 Å². The van der Waals surface area contributed by atoms with E-state index in [9.17, 15) is 13.2 Å². The lowest BCUT2D eigenvalue weighted by molar-refractivity contribution is 0.0935. The Labute approximate surface area is 162 Å². The highest BCUT2D eigenvalue weighted by Gasteiger charge is 2.21. The third-order valence-corrected chi connectivity index (χ3v) is 6.32. The lowest BCUT2D eigenvalue weighted by atomic mass is 10.0. The first-order chi connectivity index (χ1) is 12.7. The van der Waals surface area contributed by atoms with Crippen LogP contribution >= 0.6 is 0 Å². The standard InChI is InChI=1S/C20H27N3O3S/c1-6-19(16-9-7-15(2)8-10-16)21-20(24)17-11-13-18(14-12-17)23(5)27(25,26)22(3)4/h7-14,19H,6H2,1-5H3,(H,21,24). The van der Waals surface area contributed by atoms with Crippen LogP contribution in [0.15, 0.2) is 48.5 Å². The van der Waals surface area contributed by atoms with E-state index in [1.54, 1.807) is 24.3 Å². The molecule has 146 valence electrons. The number of carbonyl (C=O) groups excluding carboxylic acids is 1. The smallest absolute Gasteiger partial charge is 0.303 e. The van der Waals surface area contributed by atoms with Crippen molar-refractivity contribution in [3.63, 3.8) is 0 Å². The molecule has 2 aromatic rings. The Bertz CT molecular complexity index is 876. The molecule has 0 aliphatic heterocycles. The zero-order valence-corrected chi connectivity index (χ0v) is 17.2. The van der Waals surface area contributed by atoms with Gasteiger partial charge in [0.05, 0.1) is 11.7 Å². The van der Waals surface area contributed by atoms with Crippen LogP contribution in [0.5, 0.6) is 0 Å². The van der Waals surface area contributed by atoms with Gasteiger partial charge in [0.1, 0.15) is 0 Å². The number of amides is 1. The average Bonchev–Trinajstić information content (AvgIpc) is 2.66. The van der Waals surface area contributed by atoms with Crippen molar-refractivity contribution < 1.29 is 13.2 Å². The molecule has 0 aliphatic rings. The fourth-order valence-corrected chi connectivity index (χ4v) is 3.54. The number of nitrogens with zero attached hydrogens (tertiary/aromatic N) is 2. The molecule has 1 unspecified atom stereocenters. The molecule has 0 heterocycles. The zero-order valence-electron chi connectivity index (χ0n) is 16.4. The first-order valence-electron chi connectivity index (χ1n) is 8.80. The van der Waals surface area contributed by atoms with E-state index in [0.717, 1.165) is 16.3 Å². The maximum atomic E-state index is 12.6. The Morgan fingerprint density at radius 1 is 1.00 bits per heavy atom.